The normalized spacial score (nSPS) is 16.4. The minimum Gasteiger partial charge on any atom is -0.346 e. The van der Waals surface area contributed by atoms with Gasteiger partial charge < -0.3 is 5.32 Å². The lowest BCUT2D eigenvalue weighted by atomic mass is 10.00. The second kappa shape index (κ2) is 8.66. The van der Waals surface area contributed by atoms with Crippen molar-refractivity contribution in [2.45, 2.75) is 64.3 Å². The van der Waals surface area contributed by atoms with Gasteiger partial charge in [-0.3, -0.25) is 14.6 Å². The molecule has 1 aromatic rings. The van der Waals surface area contributed by atoms with Crippen LogP contribution in [0.1, 0.15) is 68.8 Å². The van der Waals surface area contributed by atoms with Crippen LogP contribution < -0.4 is 5.32 Å². The molecule has 1 saturated carbocycles. The van der Waals surface area contributed by atoms with Crippen LogP contribution in [-0.2, 0) is 4.79 Å². The number of Topliss-reactive ketones (excluding diaryl/α,β-unsaturated/α-hetero) is 1. The maximum Gasteiger partial charge on any atom is 0.223 e. The molecule has 1 aliphatic carbocycles. The molecule has 2 rings (SSSR count). The maximum atomic E-state index is 12.6. The second-order valence-corrected chi connectivity index (χ2v) is 6.12. The van der Waals surface area contributed by atoms with Crippen LogP contribution in [0.4, 0.5) is 0 Å². The molecule has 1 atom stereocenters. The fourth-order valence-electron chi connectivity index (χ4n) is 3.03. The Hall–Kier alpha value is -1.71. The number of ketones is 1. The molecule has 0 saturated heterocycles. The largest absolute Gasteiger partial charge is 0.346 e. The van der Waals surface area contributed by atoms with Gasteiger partial charge in [-0.15, -0.1) is 0 Å². The first-order chi connectivity index (χ1) is 10.7. The van der Waals surface area contributed by atoms with Crippen LogP contribution >= 0.6 is 0 Å². The molecular weight excluding hydrogens is 276 g/mol. The van der Waals surface area contributed by atoms with Crippen molar-refractivity contribution in [3.8, 4) is 0 Å². The molecule has 1 N–H and O–H groups in total. The first-order valence-corrected chi connectivity index (χ1v) is 8.48. The fourth-order valence-corrected chi connectivity index (χ4v) is 3.03. The van der Waals surface area contributed by atoms with Crippen LogP contribution in [0.3, 0.4) is 0 Å². The molecule has 0 radical (unpaired) electrons. The lowest BCUT2D eigenvalue weighted by Crippen LogP contribution is -2.43. The summed E-state index contributed by atoms with van der Waals surface area (Å²) < 4.78 is 0. The first kappa shape index (κ1) is 16.7. The van der Waals surface area contributed by atoms with Crippen molar-refractivity contribution in [1.29, 1.82) is 0 Å². The van der Waals surface area contributed by atoms with E-state index in [9.17, 15) is 9.59 Å². The van der Waals surface area contributed by atoms with Gasteiger partial charge in [0.1, 0.15) is 5.69 Å². The molecule has 1 fully saturated rings. The van der Waals surface area contributed by atoms with E-state index >= 15 is 0 Å². The summed E-state index contributed by atoms with van der Waals surface area (Å²) in [5.74, 6) is 0.0662. The molecule has 1 unspecified atom stereocenters. The highest BCUT2D eigenvalue weighted by molar-refractivity contribution is 6.00. The average molecular weight is 302 g/mol. The summed E-state index contributed by atoms with van der Waals surface area (Å²) in [5.41, 5.74) is 0.440. The molecule has 4 nitrogen and oxygen atoms in total. The van der Waals surface area contributed by atoms with Gasteiger partial charge in [-0.25, -0.2) is 0 Å². The Morgan fingerprint density at radius 3 is 2.68 bits per heavy atom. The maximum absolute atomic E-state index is 12.6. The number of hydrogen-bond donors (Lipinski definition) is 1. The van der Waals surface area contributed by atoms with E-state index in [1.807, 2.05) is 6.07 Å². The number of pyridine rings is 1. The number of amides is 1. The van der Waals surface area contributed by atoms with E-state index in [0.29, 0.717) is 12.1 Å². The zero-order valence-electron chi connectivity index (χ0n) is 13.4. The van der Waals surface area contributed by atoms with E-state index < -0.39 is 6.04 Å². The Labute approximate surface area is 132 Å². The molecule has 1 aromatic heterocycles. The number of nitrogens with zero attached hydrogens (tertiary/aromatic N) is 1. The summed E-state index contributed by atoms with van der Waals surface area (Å²) in [4.78, 5) is 29.1. The van der Waals surface area contributed by atoms with Gasteiger partial charge >= 0.3 is 0 Å². The zero-order chi connectivity index (χ0) is 15.8. The third-order valence-corrected chi connectivity index (χ3v) is 4.37. The first-order valence-electron chi connectivity index (χ1n) is 8.48. The lowest BCUT2D eigenvalue weighted by molar-refractivity contribution is -0.125. The highest BCUT2D eigenvalue weighted by atomic mass is 16.2. The predicted octanol–water partition coefficient (Wildman–Crippen LogP) is 3.52. The lowest BCUT2D eigenvalue weighted by Gasteiger charge is -2.19. The van der Waals surface area contributed by atoms with Crippen molar-refractivity contribution in [2.75, 3.05) is 0 Å². The van der Waals surface area contributed by atoms with E-state index in [1.165, 1.54) is 0 Å². The molecule has 0 spiro atoms. The summed E-state index contributed by atoms with van der Waals surface area (Å²) in [6.45, 7) is 2.13. The SMILES string of the molecule is CCCCCC(NC(=O)C1CCCC1)C(=O)c1ccccn1. The van der Waals surface area contributed by atoms with Gasteiger partial charge in [0.15, 0.2) is 0 Å². The minimum atomic E-state index is -0.436. The topological polar surface area (TPSA) is 59.1 Å². The molecule has 0 aromatic carbocycles. The van der Waals surface area contributed by atoms with Crippen molar-refractivity contribution in [1.82, 2.24) is 10.3 Å². The Morgan fingerprint density at radius 1 is 1.27 bits per heavy atom. The third kappa shape index (κ3) is 4.65. The standard InChI is InChI=1S/C18H26N2O2/c1-2-3-4-12-16(17(21)15-11-7-8-13-19-15)20-18(22)14-9-5-6-10-14/h7-8,11,13-14,16H,2-6,9-10,12H2,1H3,(H,20,22). The number of hydrogen-bond acceptors (Lipinski definition) is 3. The van der Waals surface area contributed by atoms with Crippen LogP contribution in [0, 0.1) is 5.92 Å². The van der Waals surface area contributed by atoms with E-state index in [2.05, 4.69) is 17.2 Å². The summed E-state index contributed by atoms with van der Waals surface area (Å²) in [5, 5.41) is 2.99. The average Bonchev–Trinajstić information content (AvgIpc) is 3.09. The van der Waals surface area contributed by atoms with Gasteiger partial charge in [0.25, 0.3) is 0 Å². The van der Waals surface area contributed by atoms with E-state index in [-0.39, 0.29) is 17.6 Å². The van der Waals surface area contributed by atoms with E-state index in [4.69, 9.17) is 0 Å². The fraction of sp³-hybridized carbons (Fsp3) is 0.611. The Kier molecular flexibility index (Phi) is 6.56. The number of aromatic nitrogens is 1. The van der Waals surface area contributed by atoms with E-state index in [0.717, 1.165) is 44.9 Å². The summed E-state index contributed by atoms with van der Waals surface area (Å²) in [6.07, 6.45) is 9.57. The number of carbonyl (C=O) groups excluding carboxylic acids is 2. The highest BCUT2D eigenvalue weighted by Crippen LogP contribution is 2.25. The third-order valence-electron chi connectivity index (χ3n) is 4.37. The molecular formula is C18H26N2O2. The number of carbonyl (C=O) groups is 2. The monoisotopic (exact) mass is 302 g/mol. The number of rotatable bonds is 8. The molecule has 1 aliphatic rings. The zero-order valence-corrected chi connectivity index (χ0v) is 13.4. The summed E-state index contributed by atoms with van der Waals surface area (Å²) in [7, 11) is 0. The highest BCUT2D eigenvalue weighted by Gasteiger charge is 2.28. The van der Waals surface area contributed by atoms with Gasteiger partial charge in [0.05, 0.1) is 6.04 Å². The van der Waals surface area contributed by atoms with Crippen LogP contribution in [0.5, 0.6) is 0 Å². The van der Waals surface area contributed by atoms with Crippen molar-refractivity contribution < 1.29 is 9.59 Å². The Morgan fingerprint density at radius 2 is 2.05 bits per heavy atom. The Balaban J connectivity index is 2.01. The molecule has 1 heterocycles. The van der Waals surface area contributed by atoms with E-state index in [1.54, 1.807) is 18.3 Å². The van der Waals surface area contributed by atoms with Gasteiger partial charge in [0, 0.05) is 12.1 Å². The minimum absolute atomic E-state index is 0.0447. The molecule has 0 bridgehead atoms. The van der Waals surface area contributed by atoms with Gasteiger partial charge in [0.2, 0.25) is 11.7 Å². The van der Waals surface area contributed by atoms with Crippen LogP contribution in [0.15, 0.2) is 24.4 Å². The van der Waals surface area contributed by atoms with Crippen LogP contribution in [0.2, 0.25) is 0 Å². The van der Waals surface area contributed by atoms with Crippen molar-refractivity contribution in [2.24, 2.45) is 5.92 Å². The molecule has 120 valence electrons. The second-order valence-electron chi connectivity index (χ2n) is 6.12. The van der Waals surface area contributed by atoms with Crippen molar-refractivity contribution in [3.63, 3.8) is 0 Å². The van der Waals surface area contributed by atoms with Crippen molar-refractivity contribution >= 4 is 11.7 Å². The van der Waals surface area contributed by atoms with Gasteiger partial charge in [-0.1, -0.05) is 45.1 Å². The predicted molar refractivity (Wildman–Crippen MR) is 86.6 cm³/mol. The van der Waals surface area contributed by atoms with Gasteiger partial charge in [-0.05, 0) is 31.4 Å². The molecule has 22 heavy (non-hydrogen) atoms. The molecule has 1 amide bonds. The number of unbranched alkanes of at least 4 members (excludes halogenated alkanes) is 2. The quantitative estimate of drug-likeness (QED) is 0.590. The smallest absolute Gasteiger partial charge is 0.223 e. The summed E-state index contributed by atoms with van der Waals surface area (Å²) >= 11 is 0. The molecule has 0 aliphatic heterocycles. The van der Waals surface area contributed by atoms with Crippen LogP contribution in [0.25, 0.3) is 0 Å². The molecule has 4 heteroatoms. The van der Waals surface area contributed by atoms with Crippen LogP contribution in [-0.4, -0.2) is 22.7 Å². The summed E-state index contributed by atoms with van der Waals surface area (Å²) in [6, 6.07) is 4.88. The number of nitrogens with one attached hydrogen (secondary N) is 1. The van der Waals surface area contributed by atoms with Crippen molar-refractivity contribution in [3.05, 3.63) is 30.1 Å². The van der Waals surface area contributed by atoms with Gasteiger partial charge in [-0.2, -0.15) is 0 Å². The Bertz CT molecular complexity index is 481.